The molecule has 0 saturated heterocycles. The van der Waals surface area contributed by atoms with Crippen molar-refractivity contribution in [2.24, 2.45) is 11.5 Å². The molecule has 2 heterocycles. The highest BCUT2D eigenvalue weighted by Gasteiger charge is 2.26. The third kappa shape index (κ3) is 5.69. The summed E-state index contributed by atoms with van der Waals surface area (Å²) in [6, 6.07) is 14.9. The molecule has 6 rings (SSSR count). The Morgan fingerprint density at radius 3 is 1.34 bits per heavy atom. The van der Waals surface area contributed by atoms with Gasteiger partial charge >= 0.3 is 11.9 Å². The summed E-state index contributed by atoms with van der Waals surface area (Å²) >= 11 is 12.3. The van der Waals surface area contributed by atoms with Gasteiger partial charge in [0.05, 0.1) is 47.5 Å². The Morgan fingerprint density at radius 2 is 1.02 bits per heavy atom. The van der Waals surface area contributed by atoms with Gasteiger partial charge in [0.15, 0.2) is 11.5 Å². The number of primary amides is 2. The molecule has 0 aliphatic carbocycles. The third-order valence-electron chi connectivity index (χ3n) is 8.14. The van der Waals surface area contributed by atoms with E-state index in [-0.39, 0.29) is 90.7 Å². The van der Waals surface area contributed by atoms with Gasteiger partial charge in [0, 0.05) is 34.3 Å². The van der Waals surface area contributed by atoms with E-state index >= 15 is 0 Å². The van der Waals surface area contributed by atoms with E-state index in [1.807, 2.05) is 0 Å². The van der Waals surface area contributed by atoms with E-state index in [1.165, 1.54) is 62.8 Å². The molecule has 6 aromatic rings. The average molecular weight is 718 g/mol. The monoisotopic (exact) mass is 716 g/mol. The van der Waals surface area contributed by atoms with E-state index in [2.05, 4.69) is 0 Å². The lowest BCUT2D eigenvalue weighted by Gasteiger charge is -2.15. The summed E-state index contributed by atoms with van der Waals surface area (Å²) in [5, 5.41) is 20.6. The highest BCUT2D eigenvalue weighted by molar-refractivity contribution is 6.31. The molecule has 254 valence electrons. The van der Waals surface area contributed by atoms with Gasteiger partial charge in [0.1, 0.15) is 22.7 Å². The summed E-state index contributed by atoms with van der Waals surface area (Å²) in [7, 11) is 2.71. The predicted octanol–water partition coefficient (Wildman–Crippen LogP) is 5.34. The average Bonchev–Trinajstić information content (AvgIpc) is 3.64. The number of aromatic nitrogens is 4. The van der Waals surface area contributed by atoms with Gasteiger partial charge in [0.2, 0.25) is 0 Å². The van der Waals surface area contributed by atoms with E-state index in [0.717, 1.165) is 0 Å². The SMILES string of the molecule is COc1c(C(N)=O)ccc2c1nc(-c1ccc(Cl)cc1C(=O)O)n2CCn1c(-c2ccc(Cl)cc2C(=O)O)nc2c(OC)c(C(N)=O)ccc21. The first kappa shape index (κ1) is 33.8. The van der Waals surface area contributed by atoms with Crippen molar-refractivity contribution in [2.75, 3.05) is 14.2 Å². The van der Waals surface area contributed by atoms with Crippen LogP contribution in [0, 0.1) is 0 Å². The van der Waals surface area contributed by atoms with Gasteiger partial charge in [-0.2, -0.15) is 0 Å². The minimum atomic E-state index is -1.25. The molecule has 0 fully saturated rings. The zero-order chi connectivity index (χ0) is 36.0. The van der Waals surface area contributed by atoms with Crippen molar-refractivity contribution in [1.82, 2.24) is 19.1 Å². The molecule has 0 saturated carbocycles. The second-order valence-electron chi connectivity index (χ2n) is 10.9. The first-order valence-corrected chi connectivity index (χ1v) is 15.4. The number of aryl methyl sites for hydroxylation is 2. The number of nitrogens with zero attached hydrogens (tertiary/aromatic N) is 4. The van der Waals surface area contributed by atoms with Crippen LogP contribution in [-0.4, -0.2) is 67.3 Å². The molecule has 16 heteroatoms. The molecule has 0 aliphatic heterocycles. The molecule has 0 radical (unpaired) electrons. The summed E-state index contributed by atoms with van der Waals surface area (Å²) in [5.41, 5.74) is 12.9. The summed E-state index contributed by atoms with van der Waals surface area (Å²) in [5.74, 6) is -3.44. The van der Waals surface area contributed by atoms with Crippen LogP contribution in [-0.2, 0) is 13.1 Å². The van der Waals surface area contributed by atoms with Crippen LogP contribution in [0.2, 0.25) is 10.0 Å². The Labute approximate surface area is 292 Å². The number of carbonyl (C=O) groups excluding carboxylic acids is 2. The molecule has 0 spiro atoms. The van der Waals surface area contributed by atoms with Gasteiger partial charge in [-0.15, -0.1) is 0 Å². The number of halogens is 2. The lowest BCUT2D eigenvalue weighted by atomic mass is 10.1. The first-order valence-electron chi connectivity index (χ1n) is 14.7. The lowest BCUT2D eigenvalue weighted by molar-refractivity contribution is 0.0686. The highest BCUT2D eigenvalue weighted by atomic mass is 35.5. The van der Waals surface area contributed by atoms with Gasteiger partial charge in [-0.05, 0) is 60.7 Å². The van der Waals surface area contributed by atoms with Crippen LogP contribution in [0.3, 0.4) is 0 Å². The van der Waals surface area contributed by atoms with Crippen molar-refractivity contribution in [3.05, 3.63) is 93.0 Å². The van der Waals surface area contributed by atoms with Gasteiger partial charge in [-0.25, -0.2) is 19.6 Å². The van der Waals surface area contributed by atoms with E-state index < -0.39 is 23.8 Å². The van der Waals surface area contributed by atoms with E-state index in [9.17, 15) is 29.4 Å². The molecule has 50 heavy (non-hydrogen) atoms. The van der Waals surface area contributed by atoms with Crippen LogP contribution >= 0.6 is 23.2 Å². The smallest absolute Gasteiger partial charge is 0.336 e. The van der Waals surface area contributed by atoms with Crippen molar-refractivity contribution >= 4 is 69.0 Å². The van der Waals surface area contributed by atoms with Crippen molar-refractivity contribution < 1.29 is 38.9 Å². The van der Waals surface area contributed by atoms with Gasteiger partial charge in [-0.3, -0.25) is 9.59 Å². The van der Waals surface area contributed by atoms with Crippen LogP contribution in [0.15, 0.2) is 60.7 Å². The summed E-state index contributed by atoms with van der Waals surface area (Å²) in [6.07, 6.45) is 0. The largest absolute Gasteiger partial charge is 0.494 e. The van der Waals surface area contributed by atoms with Gasteiger partial charge in [0.25, 0.3) is 11.8 Å². The fraction of sp³-hybridized carbons (Fsp3) is 0.118. The van der Waals surface area contributed by atoms with Crippen molar-refractivity contribution in [3.63, 3.8) is 0 Å². The Morgan fingerprint density at radius 1 is 0.640 bits per heavy atom. The number of methoxy groups -OCH3 is 2. The second-order valence-corrected chi connectivity index (χ2v) is 11.8. The quantitative estimate of drug-likeness (QED) is 0.135. The van der Waals surface area contributed by atoms with Gasteiger partial charge in [-0.1, -0.05) is 23.2 Å². The third-order valence-corrected chi connectivity index (χ3v) is 8.61. The van der Waals surface area contributed by atoms with Crippen molar-refractivity contribution in [3.8, 4) is 34.3 Å². The summed E-state index contributed by atoms with van der Waals surface area (Å²) < 4.78 is 14.6. The number of carbonyl (C=O) groups is 4. The Kier molecular flexibility index (Phi) is 8.82. The van der Waals surface area contributed by atoms with Gasteiger partial charge < -0.3 is 40.3 Å². The predicted molar refractivity (Wildman–Crippen MR) is 184 cm³/mol. The Balaban J connectivity index is 1.63. The number of nitrogens with two attached hydrogens (primary N) is 2. The molecule has 0 atom stereocenters. The van der Waals surface area contributed by atoms with Crippen LogP contribution in [0.4, 0.5) is 0 Å². The molecule has 0 aliphatic rings. The molecule has 14 nitrogen and oxygen atoms in total. The Hall–Kier alpha value is -6.12. The standard InChI is InChI=1S/C34H26Cl2N6O8/c1-49-27-19(29(37)43)7-9-23-25(27)39-31(17-5-3-15(35)13-21(17)33(45)46)41(23)11-12-42-24-10-8-20(30(38)44)28(50-2)26(24)40-32(42)18-6-4-16(36)14-22(18)34(47)48/h3-10,13-14H,11-12H2,1-2H3,(H2,37,43)(H2,38,44)(H,45,46)(H,47,48). The molecule has 4 aromatic carbocycles. The number of fused-ring (bicyclic) bond motifs is 2. The van der Waals surface area contributed by atoms with Crippen LogP contribution in [0.25, 0.3) is 44.8 Å². The van der Waals surface area contributed by atoms with Crippen LogP contribution < -0.4 is 20.9 Å². The minimum absolute atomic E-state index is 0.0648. The van der Waals surface area contributed by atoms with E-state index in [1.54, 1.807) is 21.3 Å². The summed E-state index contributed by atoms with van der Waals surface area (Å²) in [6.45, 7) is 0.169. The number of carboxylic acid groups (broad SMARTS) is 2. The lowest BCUT2D eigenvalue weighted by Crippen LogP contribution is -2.14. The number of carboxylic acids is 2. The van der Waals surface area contributed by atoms with Crippen molar-refractivity contribution in [1.29, 1.82) is 0 Å². The number of imidazole rings is 2. The minimum Gasteiger partial charge on any atom is -0.494 e. The van der Waals surface area contributed by atoms with Crippen LogP contribution in [0.5, 0.6) is 11.5 Å². The van der Waals surface area contributed by atoms with Crippen molar-refractivity contribution in [2.45, 2.75) is 13.1 Å². The normalized spacial score (nSPS) is 11.2. The zero-order valence-corrected chi connectivity index (χ0v) is 27.7. The van der Waals surface area contributed by atoms with E-state index in [0.29, 0.717) is 11.0 Å². The molecule has 6 N–H and O–H groups in total. The number of rotatable bonds is 11. The molecule has 2 aromatic heterocycles. The maximum Gasteiger partial charge on any atom is 0.336 e. The fourth-order valence-corrected chi connectivity index (χ4v) is 6.32. The number of ether oxygens (including phenoxy) is 2. The maximum atomic E-state index is 12.4. The van der Waals surface area contributed by atoms with Crippen LogP contribution in [0.1, 0.15) is 41.4 Å². The molecule has 2 amide bonds. The first-order chi connectivity index (χ1) is 23.9. The number of hydrogen-bond donors (Lipinski definition) is 4. The molecular formula is C34H26Cl2N6O8. The number of aromatic carboxylic acids is 2. The Bertz CT molecular complexity index is 2250. The number of benzene rings is 4. The summed E-state index contributed by atoms with van der Waals surface area (Å²) in [4.78, 5) is 58.8. The number of amides is 2. The highest BCUT2D eigenvalue weighted by Crippen LogP contribution is 2.38. The molecular weight excluding hydrogens is 691 g/mol. The maximum absolute atomic E-state index is 12.4. The fourth-order valence-electron chi connectivity index (χ4n) is 5.98. The molecule has 0 unspecified atom stereocenters. The second kappa shape index (κ2) is 13.1. The topological polar surface area (TPSA) is 215 Å². The number of hydrogen-bond acceptors (Lipinski definition) is 8. The molecule has 0 bridgehead atoms. The van der Waals surface area contributed by atoms with E-state index in [4.69, 9.17) is 54.1 Å². The zero-order valence-electron chi connectivity index (χ0n) is 26.2.